The van der Waals surface area contributed by atoms with Gasteiger partial charge in [0.15, 0.2) is 0 Å². The second-order valence-corrected chi connectivity index (χ2v) is 10.8. The van der Waals surface area contributed by atoms with Crippen LogP contribution in [0, 0.1) is 5.82 Å². The number of fused-ring (bicyclic) bond motifs is 1. The minimum absolute atomic E-state index is 0.0193. The fourth-order valence-electron chi connectivity index (χ4n) is 4.12. The van der Waals surface area contributed by atoms with Gasteiger partial charge in [-0.1, -0.05) is 0 Å². The van der Waals surface area contributed by atoms with E-state index in [2.05, 4.69) is 26.2 Å². The number of alkyl halides is 3. The van der Waals surface area contributed by atoms with Gasteiger partial charge in [0, 0.05) is 12.1 Å². The quantitative estimate of drug-likeness (QED) is 0.173. The Morgan fingerprint density at radius 1 is 1.02 bits per heavy atom. The molecule has 0 bridgehead atoms. The summed E-state index contributed by atoms with van der Waals surface area (Å²) in [5.74, 6) is -1.05. The first-order chi connectivity index (χ1) is 19.7. The summed E-state index contributed by atoms with van der Waals surface area (Å²) in [5.41, 5.74) is -1.26. The first-order valence-corrected chi connectivity index (χ1v) is 13.4. The van der Waals surface area contributed by atoms with Crippen molar-refractivity contribution in [2.24, 2.45) is 0 Å². The number of ether oxygens (including phenoxy) is 3. The molecule has 0 fully saturated rings. The minimum atomic E-state index is -4.70. The van der Waals surface area contributed by atoms with Gasteiger partial charge in [0.05, 0.1) is 41.8 Å². The lowest BCUT2D eigenvalue weighted by Crippen LogP contribution is -2.45. The van der Waals surface area contributed by atoms with Gasteiger partial charge >= 0.3 is 12.3 Å². The maximum absolute atomic E-state index is 14.3. The molecule has 14 heteroatoms. The fraction of sp³-hybridized carbons (Fsp3) is 0.321. The Morgan fingerprint density at radius 2 is 1.71 bits per heavy atom. The van der Waals surface area contributed by atoms with Crippen molar-refractivity contribution < 1.29 is 41.4 Å². The van der Waals surface area contributed by atoms with Gasteiger partial charge in [-0.25, -0.2) is 14.2 Å². The number of halogens is 5. The molecule has 2 amide bonds. The number of anilines is 3. The number of methoxy groups -OCH3 is 1. The van der Waals surface area contributed by atoms with Gasteiger partial charge in [-0.15, -0.1) is 0 Å². The molecule has 0 unspecified atom stereocenters. The van der Waals surface area contributed by atoms with Crippen molar-refractivity contribution in [1.82, 2.24) is 10.3 Å². The maximum atomic E-state index is 14.3. The first kappa shape index (κ1) is 30.9. The second-order valence-electron chi connectivity index (χ2n) is 10.1. The van der Waals surface area contributed by atoms with Crippen LogP contribution < -0.4 is 24.6 Å². The van der Waals surface area contributed by atoms with Crippen LogP contribution in [-0.2, 0) is 10.9 Å². The number of hydrogen-bond donors (Lipinski definition) is 1. The largest absolute Gasteiger partial charge is 0.489 e. The van der Waals surface area contributed by atoms with Gasteiger partial charge in [-0.3, -0.25) is 9.69 Å². The summed E-state index contributed by atoms with van der Waals surface area (Å²) in [7, 11) is 1.41. The molecule has 224 valence electrons. The average Bonchev–Trinajstić information content (AvgIpc) is 2.90. The number of amides is 2. The molecule has 1 N–H and O–H groups in total. The van der Waals surface area contributed by atoms with Crippen LogP contribution in [0.25, 0.3) is 0 Å². The summed E-state index contributed by atoms with van der Waals surface area (Å²) in [5, 5.41) is 2.53. The standard InChI is InChI=1S/C28H27BrF4N4O5/c1-27(2,3)42-26(39)34-11-12-41-22-14-17(30)6-8-20(22)36-15-37(21-9-10-23(40-4)35-24(21)29)25(38)18-13-16(28(31,32)33)5-7-19(18)36/h5-10,13-14H,11-12,15H2,1-4H3,(H,34,39). The van der Waals surface area contributed by atoms with E-state index in [9.17, 15) is 27.2 Å². The van der Waals surface area contributed by atoms with Crippen LogP contribution in [0.3, 0.4) is 0 Å². The van der Waals surface area contributed by atoms with Crippen molar-refractivity contribution in [3.05, 3.63) is 70.1 Å². The van der Waals surface area contributed by atoms with Crippen molar-refractivity contribution in [3.63, 3.8) is 0 Å². The summed E-state index contributed by atoms with van der Waals surface area (Å²) < 4.78 is 71.5. The predicted molar refractivity (Wildman–Crippen MR) is 150 cm³/mol. The normalized spacial score (nSPS) is 13.5. The number of benzene rings is 2. The lowest BCUT2D eigenvalue weighted by Gasteiger charge is -2.39. The Balaban J connectivity index is 1.71. The van der Waals surface area contributed by atoms with E-state index in [1.165, 1.54) is 41.2 Å². The van der Waals surface area contributed by atoms with Crippen LogP contribution in [0.15, 0.2) is 53.1 Å². The molecular formula is C28H27BrF4N4O5. The van der Waals surface area contributed by atoms with Crippen LogP contribution in [-0.4, -0.2) is 49.5 Å². The second kappa shape index (κ2) is 12.0. The zero-order chi connectivity index (χ0) is 30.8. The van der Waals surface area contributed by atoms with Crippen LogP contribution in [0.5, 0.6) is 11.6 Å². The summed E-state index contributed by atoms with van der Waals surface area (Å²) in [6.07, 6.45) is -5.36. The van der Waals surface area contributed by atoms with E-state index < -0.39 is 35.2 Å². The highest BCUT2D eigenvalue weighted by atomic mass is 79.9. The molecule has 1 aliphatic rings. The highest BCUT2D eigenvalue weighted by Crippen LogP contribution is 2.43. The third kappa shape index (κ3) is 7.04. The average molecular weight is 655 g/mol. The zero-order valence-corrected chi connectivity index (χ0v) is 24.6. The fourth-order valence-corrected chi connectivity index (χ4v) is 4.64. The SMILES string of the molecule is COc1ccc(N2CN(c3ccc(F)cc3OCCNC(=O)OC(C)(C)C)c3ccc(C(F)(F)F)cc3C2=O)c(Br)n1. The zero-order valence-electron chi connectivity index (χ0n) is 23.0. The molecule has 9 nitrogen and oxygen atoms in total. The van der Waals surface area contributed by atoms with E-state index in [-0.39, 0.29) is 58.7 Å². The highest BCUT2D eigenvalue weighted by molar-refractivity contribution is 9.10. The topological polar surface area (TPSA) is 93.2 Å². The van der Waals surface area contributed by atoms with Gasteiger partial charge in [0.25, 0.3) is 5.91 Å². The van der Waals surface area contributed by atoms with Crippen molar-refractivity contribution in [2.75, 3.05) is 36.7 Å². The molecule has 42 heavy (non-hydrogen) atoms. The van der Waals surface area contributed by atoms with Crippen LogP contribution >= 0.6 is 15.9 Å². The number of nitrogens with zero attached hydrogens (tertiary/aromatic N) is 3. The molecule has 0 saturated heterocycles. The number of rotatable bonds is 7. The van der Waals surface area contributed by atoms with Crippen molar-refractivity contribution in [3.8, 4) is 11.6 Å². The van der Waals surface area contributed by atoms with E-state index in [4.69, 9.17) is 14.2 Å². The van der Waals surface area contributed by atoms with Gasteiger partial charge in [0.2, 0.25) is 5.88 Å². The molecule has 1 aliphatic heterocycles. The summed E-state index contributed by atoms with van der Waals surface area (Å²) in [6, 6.07) is 9.53. The summed E-state index contributed by atoms with van der Waals surface area (Å²) in [6.45, 7) is 4.90. The molecule has 4 rings (SSSR count). The molecule has 0 atom stereocenters. The molecular weight excluding hydrogens is 628 g/mol. The van der Waals surface area contributed by atoms with Crippen molar-refractivity contribution in [1.29, 1.82) is 0 Å². The van der Waals surface area contributed by atoms with Crippen LogP contribution in [0.1, 0.15) is 36.7 Å². The van der Waals surface area contributed by atoms with E-state index >= 15 is 0 Å². The number of carbonyl (C=O) groups is 2. The Morgan fingerprint density at radius 3 is 2.36 bits per heavy atom. The Kier molecular flexibility index (Phi) is 8.85. The van der Waals surface area contributed by atoms with Gasteiger partial charge in [0.1, 0.15) is 35.0 Å². The maximum Gasteiger partial charge on any atom is 0.416 e. The Labute approximate surface area is 247 Å². The van der Waals surface area contributed by atoms with E-state index in [1.807, 2.05) is 0 Å². The van der Waals surface area contributed by atoms with Crippen LogP contribution in [0.4, 0.5) is 39.4 Å². The van der Waals surface area contributed by atoms with Gasteiger partial charge < -0.3 is 24.4 Å². The molecule has 0 aliphatic carbocycles. The third-order valence-corrected chi connectivity index (χ3v) is 6.50. The molecule has 0 saturated carbocycles. The van der Waals surface area contributed by atoms with E-state index in [1.54, 1.807) is 20.8 Å². The van der Waals surface area contributed by atoms with Crippen molar-refractivity contribution >= 4 is 45.0 Å². The molecule has 0 radical (unpaired) electrons. The first-order valence-electron chi connectivity index (χ1n) is 12.6. The Bertz CT molecular complexity index is 1500. The highest BCUT2D eigenvalue weighted by Gasteiger charge is 2.37. The third-order valence-electron chi connectivity index (χ3n) is 5.92. The predicted octanol–water partition coefficient (Wildman–Crippen LogP) is 6.67. The molecule has 2 heterocycles. The van der Waals surface area contributed by atoms with E-state index in [0.717, 1.165) is 24.3 Å². The molecule has 3 aromatic rings. The van der Waals surface area contributed by atoms with Gasteiger partial charge in [-0.05, 0) is 73.1 Å². The number of alkyl carbamates (subject to hydrolysis) is 1. The Hall–Kier alpha value is -4.07. The molecule has 1 aromatic heterocycles. The smallest absolute Gasteiger partial charge is 0.416 e. The lowest BCUT2D eigenvalue weighted by molar-refractivity contribution is -0.137. The van der Waals surface area contributed by atoms with Crippen LogP contribution in [0.2, 0.25) is 0 Å². The molecule has 2 aromatic carbocycles. The molecule has 0 spiro atoms. The minimum Gasteiger partial charge on any atom is -0.489 e. The number of pyridine rings is 1. The monoisotopic (exact) mass is 654 g/mol. The van der Waals surface area contributed by atoms with Crippen molar-refractivity contribution in [2.45, 2.75) is 32.5 Å². The summed E-state index contributed by atoms with van der Waals surface area (Å²) in [4.78, 5) is 32.5. The van der Waals surface area contributed by atoms with Gasteiger partial charge in [-0.2, -0.15) is 13.2 Å². The number of hydrogen-bond acceptors (Lipinski definition) is 7. The van der Waals surface area contributed by atoms with E-state index in [0.29, 0.717) is 0 Å². The number of nitrogens with one attached hydrogen (secondary N) is 1. The number of carbonyl (C=O) groups excluding carboxylic acids is 2. The summed E-state index contributed by atoms with van der Waals surface area (Å²) >= 11 is 3.31. The number of aromatic nitrogens is 1. The lowest BCUT2D eigenvalue weighted by atomic mass is 10.0.